The van der Waals surface area contributed by atoms with Gasteiger partial charge in [0.05, 0.1) is 6.20 Å². The summed E-state index contributed by atoms with van der Waals surface area (Å²) in [6.07, 6.45) is 2.53. The van der Waals surface area contributed by atoms with Crippen molar-refractivity contribution in [3.8, 4) is 0 Å². The molecule has 0 saturated heterocycles. The van der Waals surface area contributed by atoms with E-state index in [4.69, 9.17) is 0 Å². The highest BCUT2D eigenvalue weighted by molar-refractivity contribution is 5.69. The molecule has 0 aliphatic carbocycles. The molecular formula is C13H12N4. The van der Waals surface area contributed by atoms with Gasteiger partial charge in [0.25, 0.3) is 0 Å². The first-order valence-corrected chi connectivity index (χ1v) is 5.53. The summed E-state index contributed by atoms with van der Waals surface area (Å²) < 4.78 is 0. The lowest BCUT2D eigenvalue weighted by Gasteiger charge is -1.99. The van der Waals surface area contributed by atoms with E-state index in [9.17, 15) is 0 Å². The second-order valence-electron chi connectivity index (χ2n) is 4.01. The number of H-pyrrole nitrogens is 1. The van der Waals surface area contributed by atoms with Crippen molar-refractivity contribution in [1.82, 2.24) is 19.9 Å². The van der Waals surface area contributed by atoms with Crippen molar-refractivity contribution in [2.75, 3.05) is 0 Å². The number of rotatable bonds is 2. The zero-order chi connectivity index (χ0) is 11.7. The molecule has 2 aromatic heterocycles. The van der Waals surface area contributed by atoms with Gasteiger partial charge < -0.3 is 4.98 Å². The molecule has 1 aromatic carbocycles. The molecule has 0 amide bonds. The van der Waals surface area contributed by atoms with E-state index in [0.29, 0.717) is 0 Å². The van der Waals surface area contributed by atoms with Gasteiger partial charge in [0, 0.05) is 6.42 Å². The molecule has 0 atom stereocenters. The van der Waals surface area contributed by atoms with Crippen LogP contribution in [0.25, 0.3) is 11.2 Å². The van der Waals surface area contributed by atoms with Crippen molar-refractivity contribution in [3.63, 3.8) is 0 Å². The molecule has 17 heavy (non-hydrogen) atoms. The Morgan fingerprint density at radius 2 is 1.94 bits per heavy atom. The quantitative estimate of drug-likeness (QED) is 0.726. The van der Waals surface area contributed by atoms with Crippen molar-refractivity contribution in [1.29, 1.82) is 0 Å². The molecule has 3 rings (SSSR count). The zero-order valence-corrected chi connectivity index (χ0v) is 9.51. The predicted molar refractivity (Wildman–Crippen MR) is 65.7 cm³/mol. The molecule has 2 heterocycles. The lowest BCUT2D eigenvalue weighted by molar-refractivity contribution is 0.985. The maximum Gasteiger partial charge on any atom is 0.181 e. The minimum Gasteiger partial charge on any atom is -0.340 e. The van der Waals surface area contributed by atoms with Crippen molar-refractivity contribution in [2.45, 2.75) is 13.3 Å². The average Bonchev–Trinajstić information content (AvgIpc) is 2.70. The Balaban J connectivity index is 1.95. The first-order chi connectivity index (χ1) is 8.31. The first kappa shape index (κ1) is 9.96. The first-order valence-electron chi connectivity index (χ1n) is 5.53. The number of hydrogen-bond donors (Lipinski definition) is 1. The van der Waals surface area contributed by atoms with Crippen LogP contribution in [-0.4, -0.2) is 19.9 Å². The van der Waals surface area contributed by atoms with Gasteiger partial charge in [-0.1, -0.05) is 30.3 Å². The second kappa shape index (κ2) is 3.97. The summed E-state index contributed by atoms with van der Waals surface area (Å²) in [5.41, 5.74) is 2.84. The molecule has 0 fully saturated rings. The fraction of sp³-hybridized carbons (Fsp3) is 0.154. The third-order valence-corrected chi connectivity index (χ3v) is 2.61. The molecule has 4 nitrogen and oxygen atoms in total. The molecule has 4 heteroatoms. The summed E-state index contributed by atoms with van der Waals surface area (Å²) in [6.45, 7) is 1.92. The van der Waals surface area contributed by atoms with Crippen LogP contribution in [0.3, 0.4) is 0 Å². The fourth-order valence-corrected chi connectivity index (χ4v) is 1.83. The van der Waals surface area contributed by atoms with Gasteiger partial charge in [-0.3, -0.25) is 0 Å². The van der Waals surface area contributed by atoms with E-state index >= 15 is 0 Å². The molecule has 84 valence electrons. The van der Waals surface area contributed by atoms with Crippen molar-refractivity contribution >= 4 is 11.2 Å². The summed E-state index contributed by atoms with van der Waals surface area (Å²) in [5, 5.41) is 0. The standard InChI is InChI=1S/C13H12N4/c1-9-15-11-8-14-12(17-13(11)16-9)7-10-5-3-2-4-6-10/h2-6,8H,7H2,1H3,(H,14,15,16,17). The molecule has 0 aliphatic heterocycles. The molecule has 3 aromatic rings. The fourth-order valence-electron chi connectivity index (χ4n) is 1.83. The van der Waals surface area contributed by atoms with Gasteiger partial charge in [0.1, 0.15) is 17.2 Å². The molecule has 0 spiro atoms. The second-order valence-corrected chi connectivity index (χ2v) is 4.01. The third-order valence-electron chi connectivity index (χ3n) is 2.61. The Morgan fingerprint density at radius 1 is 1.12 bits per heavy atom. The SMILES string of the molecule is Cc1nc2nc(Cc3ccccc3)ncc2[nH]1. The van der Waals surface area contributed by atoms with Crippen LogP contribution in [0.2, 0.25) is 0 Å². The van der Waals surface area contributed by atoms with Crippen LogP contribution < -0.4 is 0 Å². The van der Waals surface area contributed by atoms with Crippen LogP contribution in [0.4, 0.5) is 0 Å². The number of aromatic nitrogens is 4. The zero-order valence-electron chi connectivity index (χ0n) is 9.51. The lowest BCUT2D eigenvalue weighted by atomic mass is 10.1. The molecule has 0 saturated carbocycles. The van der Waals surface area contributed by atoms with Crippen molar-refractivity contribution in [2.24, 2.45) is 0 Å². The van der Waals surface area contributed by atoms with Crippen LogP contribution >= 0.6 is 0 Å². The van der Waals surface area contributed by atoms with Crippen LogP contribution in [-0.2, 0) is 6.42 Å². The molecule has 1 N–H and O–H groups in total. The van der Waals surface area contributed by atoms with Crippen LogP contribution in [0.1, 0.15) is 17.2 Å². The van der Waals surface area contributed by atoms with Gasteiger partial charge in [-0.15, -0.1) is 0 Å². The number of fused-ring (bicyclic) bond motifs is 1. The van der Waals surface area contributed by atoms with Gasteiger partial charge in [0.15, 0.2) is 5.65 Å². The van der Waals surface area contributed by atoms with Gasteiger partial charge >= 0.3 is 0 Å². The summed E-state index contributed by atoms with van der Waals surface area (Å²) in [7, 11) is 0. The average molecular weight is 224 g/mol. The monoisotopic (exact) mass is 224 g/mol. The van der Waals surface area contributed by atoms with E-state index in [1.807, 2.05) is 25.1 Å². The Labute approximate surface area is 98.8 Å². The topological polar surface area (TPSA) is 54.5 Å². The number of imidazole rings is 1. The Morgan fingerprint density at radius 3 is 2.76 bits per heavy atom. The number of benzene rings is 1. The van der Waals surface area contributed by atoms with E-state index in [0.717, 1.165) is 29.2 Å². The number of aromatic amines is 1. The van der Waals surface area contributed by atoms with E-state index in [-0.39, 0.29) is 0 Å². The van der Waals surface area contributed by atoms with Gasteiger partial charge in [-0.05, 0) is 12.5 Å². The van der Waals surface area contributed by atoms with E-state index < -0.39 is 0 Å². The summed E-state index contributed by atoms with van der Waals surface area (Å²) in [6, 6.07) is 10.2. The molecule has 0 radical (unpaired) electrons. The van der Waals surface area contributed by atoms with Gasteiger partial charge in [-0.2, -0.15) is 0 Å². The Kier molecular flexibility index (Phi) is 2.33. The number of nitrogens with zero attached hydrogens (tertiary/aromatic N) is 3. The number of hydrogen-bond acceptors (Lipinski definition) is 3. The highest BCUT2D eigenvalue weighted by Crippen LogP contribution is 2.10. The minimum absolute atomic E-state index is 0.739. The Bertz CT molecular complexity index is 643. The minimum atomic E-state index is 0.739. The van der Waals surface area contributed by atoms with E-state index in [1.165, 1.54) is 5.56 Å². The molecule has 0 unspecified atom stereocenters. The summed E-state index contributed by atoms with van der Waals surface area (Å²) in [5.74, 6) is 1.67. The van der Waals surface area contributed by atoms with Gasteiger partial charge in [-0.25, -0.2) is 15.0 Å². The highest BCUT2D eigenvalue weighted by Gasteiger charge is 2.04. The van der Waals surface area contributed by atoms with E-state index in [1.54, 1.807) is 6.20 Å². The maximum absolute atomic E-state index is 4.44. The summed E-state index contributed by atoms with van der Waals surface area (Å²) >= 11 is 0. The van der Waals surface area contributed by atoms with Crippen LogP contribution in [0.5, 0.6) is 0 Å². The summed E-state index contributed by atoms with van der Waals surface area (Å²) in [4.78, 5) is 16.2. The molecule has 0 aliphatic rings. The van der Waals surface area contributed by atoms with Crippen molar-refractivity contribution < 1.29 is 0 Å². The predicted octanol–water partition coefficient (Wildman–Crippen LogP) is 2.25. The number of nitrogens with one attached hydrogen (secondary N) is 1. The van der Waals surface area contributed by atoms with Crippen LogP contribution in [0.15, 0.2) is 36.5 Å². The largest absolute Gasteiger partial charge is 0.340 e. The number of aryl methyl sites for hydroxylation is 1. The maximum atomic E-state index is 4.44. The van der Waals surface area contributed by atoms with E-state index in [2.05, 4.69) is 32.1 Å². The highest BCUT2D eigenvalue weighted by atomic mass is 15.0. The van der Waals surface area contributed by atoms with Gasteiger partial charge in [0.2, 0.25) is 0 Å². The van der Waals surface area contributed by atoms with Crippen LogP contribution in [0, 0.1) is 6.92 Å². The normalized spacial score (nSPS) is 10.9. The van der Waals surface area contributed by atoms with Crippen molar-refractivity contribution in [3.05, 3.63) is 53.7 Å². The molecular weight excluding hydrogens is 212 g/mol. The Hall–Kier alpha value is -2.23. The molecule has 0 bridgehead atoms. The smallest absolute Gasteiger partial charge is 0.181 e. The lowest BCUT2D eigenvalue weighted by Crippen LogP contribution is -1.96. The third kappa shape index (κ3) is 2.01.